The molecule has 1 aliphatic carbocycles. The average molecular weight is 198 g/mol. The minimum Gasteiger partial charge on any atom is -0.330 e. The van der Waals surface area contributed by atoms with Crippen LogP contribution in [0.2, 0.25) is 0 Å². The van der Waals surface area contributed by atoms with Crippen LogP contribution in [-0.4, -0.2) is 19.6 Å². The van der Waals surface area contributed by atoms with Crippen molar-refractivity contribution >= 4 is 0 Å². The van der Waals surface area contributed by atoms with E-state index in [1.54, 1.807) is 0 Å². The minimum absolute atomic E-state index is 0.369. The molecular formula is C12H26N2. The second-order valence-electron chi connectivity index (χ2n) is 5.47. The first-order chi connectivity index (χ1) is 6.64. The monoisotopic (exact) mass is 198 g/mol. The summed E-state index contributed by atoms with van der Waals surface area (Å²) in [5.41, 5.74) is 5.94. The van der Waals surface area contributed by atoms with Crippen LogP contribution in [0.3, 0.4) is 0 Å². The third kappa shape index (κ3) is 4.43. The third-order valence-electron chi connectivity index (χ3n) is 3.38. The summed E-state index contributed by atoms with van der Waals surface area (Å²) in [5.74, 6) is 1.03. The van der Waals surface area contributed by atoms with Gasteiger partial charge in [0.25, 0.3) is 0 Å². The molecule has 0 aromatic heterocycles. The van der Waals surface area contributed by atoms with E-state index < -0.39 is 0 Å². The zero-order valence-corrected chi connectivity index (χ0v) is 9.81. The number of hydrogen-bond donors (Lipinski definition) is 2. The van der Waals surface area contributed by atoms with Gasteiger partial charge in [-0.25, -0.2) is 0 Å². The van der Waals surface area contributed by atoms with Crippen LogP contribution < -0.4 is 11.1 Å². The molecule has 1 rings (SSSR count). The molecule has 0 aliphatic heterocycles. The molecule has 1 aliphatic rings. The molecule has 0 aromatic carbocycles. The highest BCUT2D eigenvalue weighted by Crippen LogP contribution is 2.28. The average Bonchev–Trinajstić information content (AvgIpc) is 2.00. The van der Waals surface area contributed by atoms with Crippen molar-refractivity contribution in [3.8, 4) is 0 Å². The number of hydrogen-bond acceptors (Lipinski definition) is 2. The summed E-state index contributed by atoms with van der Waals surface area (Å²) in [6.07, 6.45) is 6.88. The Bertz CT molecular complexity index is 150. The van der Waals surface area contributed by atoms with Crippen LogP contribution in [-0.2, 0) is 0 Å². The third-order valence-corrected chi connectivity index (χ3v) is 3.38. The zero-order valence-electron chi connectivity index (χ0n) is 9.81. The summed E-state index contributed by atoms with van der Waals surface area (Å²) in [7, 11) is 0. The highest BCUT2D eigenvalue weighted by atomic mass is 14.9. The van der Waals surface area contributed by atoms with E-state index >= 15 is 0 Å². The largest absolute Gasteiger partial charge is 0.330 e. The summed E-state index contributed by atoms with van der Waals surface area (Å²) in [6.45, 7) is 7.68. The molecule has 0 radical (unpaired) electrons. The van der Waals surface area contributed by atoms with Gasteiger partial charge in [-0.2, -0.15) is 0 Å². The van der Waals surface area contributed by atoms with Gasteiger partial charge in [-0.15, -0.1) is 0 Å². The van der Waals surface area contributed by atoms with E-state index in [0.29, 0.717) is 5.41 Å². The van der Waals surface area contributed by atoms with E-state index in [-0.39, 0.29) is 0 Å². The second kappa shape index (κ2) is 5.72. The topological polar surface area (TPSA) is 38.0 Å². The Morgan fingerprint density at radius 1 is 1.36 bits per heavy atom. The normalized spacial score (nSPS) is 18.2. The molecule has 2 heteroatoms. The lowest BCUT2D eigenvalue weighted by Gasteiger charge is -2.27. The zero-order chi connectivity index (χ0) is 10.4. The van der Waals surface area contributed by atoms with Crippen LogP contribution in [0, 0.1) is 11.3 Å². The molecule has 0 aromatic rings. The SMILES string of the molecule is CC(C)(CCN)CNCCC1CCC1. The quantitative estimate of drug-likeness (QED) is 0.615. The lowest BCUT2D eigenvalue weighted by molar-refractivity contribution is 0.274. The standard InChI is InChI=1S/C12H26N2/c1-12(2,7-8-13)10-14-9-6-11-4-3-5-11/h11,14H,3-10,13H2,1-2H3. The lowest BCUT2D eigenvalue weighted by atomic mass is 9.83. The molecule has 0 unspecified atom stereocenters. The second-order valence-corrected chi connectivity index (χ2v) is 5.47. The van der Waals surface area contributed by atoms with Crippen LogP contribution in [0.5, 0.6) is 0 Å². The van der Waals surface area contributed by atoms with Crippen molar-refractivity contribution in [1.82, 2.24) is 5.32 Å². The molecule has 0 spiro atoms. The molecule has 0 atom stereocenters. The Hall–Kier alpha value is -0.0800. The fourth-order valence-corrected chi connectivity index (χ4v) is 1.99. The Labute approximate surface area is 88.6 Å². The maximum absolute atomic E-state index is 5.57. The van der Waals surface area contributed by atoms with E-state index in [9.17, 15) is 0 Å². The van der Waals surface area contributed by atoms with Gasteiger partial charge in [0.2, 0.25) is 0 Å². The van der Waals surface area contributed by atoms with E-state index in [2.05, 4.69) is 19.2 Å². The van der Waals surface area contributed by atoms with Gasteiger partial charge in [0.1, 0.15) is 0 Å². The summed E-state index contributed by atoms with van der Waals surface area (Å²) in [4.78, 5) is 0. The van der Waals surface area contributed by atoms with Gasteiger partial charge in [0.15, 0.2) is 0 Å². The van der Waals surface area contributed by atoms with Gasteiger partial charge in [-0.1, -0.05) is 33.1 Å². The van der Waals surface area contributed by atoms with Gasteiger partial charge < -0.3 is 11.1 Å². The van der Waals surface area contributed by atoms with E-state index in [4.69, 9.17) is 5.73 Å². The molecule has 1 saturated carbocycles. The predicted octanol–water partition coefficient (Wildman–Crippen LogP) is 2.14. The summed E-state index contributed by atoms with van der Waals surface area (Å²) < 4.78 is 0. The van der Waals surface area contributed by atoms with Crippen molar-refractivity contribution in [3.63, 3.8) is 0 Å². The molecule has 0 saturated heterocycles. The first kappa shape index (κ1) is 12.0. The molecule has 0 bridgehead atoms. The Morgan fingerprint density at radius 3 is 2.57 bits per heavy atom. The fourth-order valence-electron chi connectivity index (χ4n) is 1.99. The summed E-state index contributed by atoms with van der Waals surface area (Å²) in [6, 6.07) is 0. The van der Waals surface area contributed by atoms with E-state index in [1.165, 1.54) is 32.2 Å². The fraction of sp³-hybridized carbons (Fsp3) is 1.00. The molecule has 0 heterocycles. The van der Waals surface area contributed by atoms with Crippen molar-refractivity contribution in [1.29, 1.82) is 0 Å². The number of rotatable bonds is 7. The van der Waals surface area contributed by atoms with Gasteiger partial charge in [-0.3, -0.25) is 0 Å². The van der Waals surface area contributed by atoms with Crippen LogP contribution in [0.15, 0.2) is 0 Å². The lowest BCUT2D eigenvalue weighted by Crippen LogP contribution is -2.32. The Balaban J connectivity index is 1.96. The van der Waals surface area contributed by atoms with Crippen molar-refractivity contribution in [2.24, 2.45) is 17.1 Å². The molecule has 84 valence electrons. The Morgan fingerprint density at radius 2 is 2.07 bits per heavy atom. The van der Waals surface area contributed by atoms with Gasteiger partial charge in [0, 0.05) is 6.54 Å². The number of nitrogens with two attached hydrogens (primary N) is 1. The maximum atomic E-state index is 5.57. The van der Waals surface area contributed by atoms with Crippen LogP contribution in [0.25, 0.3) is 0 Å². The molecular weight excluding hydrogens is 172 g/mol. The maximum Gasteiger partial charge on any atom is 0.000299 e. The first-order valence-corrected chi connectivity index (χ1v) is 6.05. The van der Waals surface area contributed by atoms with Gasteiger partial charge in [-0.05, 0) is 37.3 Å². The van der Waals surface area contributed by atoms with Crippen molar-refractivity contribution < 1.29 is 0 Å². The van der Waals surface area contributed by atoms with E-state index in [0.717, 1.165) is 25.4 Å². The summed E-state index contributed by atoms with van der Waals surface area (Å²) >= 11 is 0. The van der Waals surface area contributed by atoms with Crippen LogP contribution in [0.4, 0.5) is 0 Å². The van der Waals surface area contributed by atoms with E-state index in [1.807, 2.05) is 0 Å². The predicted molar refractivity (Wildman–Crippen MR) is 62.3 cm³/mol. The van der Waals surface area contributed by atoms with Crippen molar-refractivity contribution in [2.45, 2.75) is 46.0 Å². The van der Waals surface area contributed by atoms with Gasteiger partial charge in [0.05, 0.1) is 0 Å². The highest BCUT2D eigenvalue weighted by molar-refractivity contribution is 4.74. The first-order valence-electron chi connectivity index (χ1n) is 6.05. The van der Waals surface area contributed by atoms with Gasteiger partial charge >= 0.3 is 0 Å². The summed E-state index contributed by atoms with van der Waals surface area (Å²) in [5, 5.41) is 3.55. The molecule has 1 fully saturated rings. The Kier molecular flexibility index (Phi) is 4.90. The molecule has 2 nitrogen and oxygen atoms in total. The minimum atomic E-state index is 0.369. The smallest absolute Gasteiger partial charge is 0.000299 e. The van der Waals surface area contributed by atoms with Crippen LogP contribution in [0.1, 0.15) is 46.0 Å². The van der Waals surface area contributed by atoms with Crippen molar-refractivity contribution in [3.05, 3.63) is 0 Å². The number of nitrogens with one attached hydrogen (secondary N) is 1. The van der Waals surface area contributed by atoms with Crippen LogP contribution >= 0.6 is 0 Å². The van der Waals surface area contributed by atoms with Crippen molar-refractivity contribution in [2.75, 3.05) is 19.6 Å². The molecule has 14 heavy (non-hydrogen) atoms. The highest BCUT2D eigenvalue weighted by Gasteiger charge is 2.18. The molecule has 3 N–H and O–H groups in total. The molecule has 0 amide bonds.